The molecular formula is C22H20F6N6O2. The number of aromatic nitrogens is 4. The SMILES string of the molecule is COc1ncc(-c2nc(C(F)(F)F)n3c2CN(C(=O)CC[C@@H](N)c2cc(F)c(F)cc2F)CC3)cn1. The van der Waals surface area contributed by atoms with Gasteiger partial charge in [-0.25, -0.2) is 28.1 Å². The van der Waals surface area contributed by atoms with E-state index in [0.717, 1.165) is 4.57 Å². The van der Waals surface area contributed by atoms with Crippen LogP contribution in [0.4, 0.5) is 26.3 Å². The van der Waals surface area contributed by atoms with Crippen molar-refractivity contribution in [1.29, 1.82) is 0 Å². The van der Waals surface area contributed by atoms with Gasteiger partial charge in [0.25, 0.3) is 0 Å². The fraction of sp³-hybridized carbons (Fsp3) is 0.364. The Labute approximate surface area is 200 Å². The third-order valence-electron chi connectivity index (χ3n) is 5.81. The summed E-state index contributed by atoms with van der Waals surface area (Å²) in [5.74, 6) is -5.23. The second-order valence-electron chi connectivity index (χ2n) is 8.09. The van der Waals surface area contributed by atoms with Crippen molar-refractivity contribution >= 4 is 5.91 Å². The second-order valence-corrected chi connectivity index (χ2v) is 8.09. The number of imidazole rings is 1. The molecule has 0 spiro atoms. The zero-order chi connectivity index (χ0) is 26.2. The molecule has 3 heterocycles. The summed E-state index contributed by atoms with van der Waals surface area (Å²) in [5.41, 5.74) is 5.93. The Morgan fingerprint density at radius 1 is 1.11 bits per heavy atom. The second kappa shape index (κ2) is 9.76. The zero-order valence-electron chi connectivity index (χ0n) is 18.8. The zero-order valence-corrected chi connectivity index (χ0v) is 18.8. The number of rotatable bonds is 6. The van der Waals surface area contributed by atoms with Gasteiger partial charge in [-0.1, -0.05) is 0 Å². The molecule has 36 heavy (non-hydrogen) atoms. The summed E-state index contributed by atoms with van der Waals surface area (Å²) in [6.07, 6.45) is -2.48. The number of carbonyl (C=O) groups is 1. The van der Waals surface area contributed by atoms with Crippen molar-refractivity contribution in [1.82, 2.24) is 24.4 Å². The van der Waals surface area contributed by atoms with Crippen molar-refractivity contribution in [2.24, 2.45) is 5.73 Å². The first-order valence-electron chi connectivity index (χ1n) is 10.7. The molecule has 0 bridgehead atoms. The fourth-order valence-corrected chi connectivity index (χ4v) is 3.99. The highest BCUT2D eigenvalue weighted by atomic mass is 19.4. The molecule has 0 aliphatic carbocycles. The van der Waals surface area contributed by atoms with Gasteiger partial charge in [0.2, 0.25) is 11.7 Å². The Hall–Kier alpha value is -3.68. The van der Waals surface area contributed by atoms with Crippen molar-refractivity contribution in [2.45, 2.75) is 38.1 Å². The number of alkyl halides is 3. The van der Waals surface area contributed by atoms with Crippen LogP contribution in [-0.4, -0.2) is 44.0 Å². The van der Waals surface area contributed by atoms with Crippen molar-refractivity contribution in [2.75, 3.05) is 13.7 Å². The van der Waals surface area contributed by atoms with Crippen LogP contribution in [0.2, 0.25) is 0 Å². The van der Waals surface area contributed by atoms with Gasteiger partial charge >= 0.3 is 12.2 Å². The Morgan fingerprint density at radius 2 is 1.78 bits per heavy atom. The molecule has 14 heteroatoms. The lowest BCUT2D eigenvalue weighted by Gasteiger charge is -2.30. The van der Waals surface area contributed by atoms with Gasteiger partial charge in [-0.3, -0.25) is 4.79 Å². The van der Waals surface area contributed by atoms with Gasteiger partial charge in [-0.05, 0) is 12.5 Å². The molecular weight excluding hydrogens is 494 g/mol. The molecule has 3 aromatic rings. The van der Waals surface area contributed by atoms with Gasteiger partial charge in [0.1, 0.15) is 5.82 Å². The van der Waals surface area contributed by atoms with E-state index in [-0.39, 0.29) is 61.0 Å². The van der Waals surface area contributed by atoms with E-state index >= 15 is 0 Å². The molecule has 192 valence electrons. The minimum Gasteiger partial charge on any atom is -0.467 e. The minimum atomic E-state index is -4.73. The van der Waals surface area contributed by atoms with E-state index < -0.39 is 41.4 Å². The number of hydrogen-bond donors (Lipinski definition) is 1. The number of benzene rings is 1. The number of carbonyl (C=O) groups excluding carboxylic acids is 1. The first-order chi connectivity index (χ1) is 17.0. The average molecular weight is 514 g/mol. The van der Waals surface area contributed by atoms with E-state index in [1.54, 1.807) is 0 Å². The quantitative estimate of drug-likeness (QED) is 0.399. The molecule has 0 saturated carbocycles. The van der Waals surface area contributed by atoms with Gasteiger partial charge in [-0.2, -0.15) is 13.2 Å². The number of nitrogens with zero attached hydrogens (tertiary/aromatic N) is 5. The Bertz CT molecular complexity index is 1280. The fourth-order valence-electron chi connectivity index (χ4n) is 3.99. The third kappa shape index (κ3) is 4.98. The normalized spacial score (nSPS) is 14.5. The molecule has 1 aliphatic rings. The standard InChI is InChI=1S/C22H20F6N6O2/c1-36-21-30-8-11(9-31-21)19-17-10-33(4-5-34(17)20(32-19)22(26,27)28)18(35)3-2-16(29)12-6-14(24)15(25)7-13(12)23/h6-9,16H,2-5,10,29H2,1H3/t16-/m1/s1. The number of fused-ring (bicyclic) bond motifs is 1. The Kier molecular flexibility index (Phi) is 6.89. The van der Waals surface area contributed by atoms with Crippen molar-refractivity contribution < 1.29 is 35.9 Å². The lowest BCUT2D eigenvalue weighted by molar-refractivity contribution is -0.148. The molecule has 0 saturated heterocycles. The summed E-state index contributed by atoms with van der Waals surface area (Å²) >= 11 is 0. The Morgan fingerprint density at radius 3 is 2.42 bits per heavy atom. The summed E-state index contributed by atoms with van der Waals surface area (Å²) in [4.78, 5) is 25.8. The summed E-state index contributed by atoms with van der Waals surface area (Å²) < 4.78 is 87.4. The number of amides is 1. The first-order valence-corrected chi connectivity index (χ1v) is 10.7. The van der Waals surface area contributed by atoms with Gasteiger partial charge in [0.15, 0.2) is 11.6 Å². The predicted octanol–water partition coefficient (Wildman–Crippen LogP) is 3.61. The molecule has 1 amide bonds. The molecule has 2 aromatic heterocycles. The highest BCUT2D eigenvalue weighted by Gasteiger charge is 2.41. The van der Waals surface area contributed by atoms with Crippen LogP contribution in [0.5, 0.6) is 6.01 Å². The number of nitrogens with two attached hydrogens (primary N) is 1. The van der Waals surface area contributed by atoms with E-state index in [9.17, 15) is 31.1 Å². The van der Waals surface area contributed by atoms with Crippen LogP contribution in [0, 0.1) is 17.5 Å². The minimum absolute atomic E-state index is 0.0217. The number of halogens is 6. The van der Waals surface area contributed by atoms with Gasteiger partial charge < -0.3 is 19.9 Å². The van der Waals surface area contributed by atoms with E-state index in [2.05, 4.69) is 15.0 Å². The van der Waals surface area contributed by atoms with Crippen molar-refractivity contribution in [3.63, 3.8) is 0 Å². The summed E-state index contributed by atoms with van der Waals surface area (Å²) in [6, 6.07) is -0.0567. The molecule has 2 N–H and O–H groups in total. The van der Waals surface area contributed by atoms with E-state index in [0.29, 0.717) is 12.1 Å². The van der Waals surface area contributed by atoms with Crippen molar-refractivity contribution in [3.05, 3.63) is 59.1 Å². The lowest BCUT2D eigenvalue weighted by atomic mass is 10.0. The maximum atomic E-state index is 14.0. The Balaban J connectivity index is 1.54. The average Bonchev–Trinajstić information content (AvgIpc) is 3.24. The first kappa shape index (κ1) is 25.4. The van der Waals surface area contributed by atoms with E-state index in [1.807, 2.05) is 0 Å². The van der Waals surface area contributed by atoms with Gasteiger partial charge in [0, 0.05) is 55.1 Å². The molecule has 4 rings (SSSR count). The van der Waals surface area contributed by atoms with Crippen LogP contribution in [0.15, 0.2) is 24.5 Å². The lowest BCUT2D eigenvalue weighted by Crippen LogP contribution is -2.39. The van der Waals surface area contributed by atoms with Crippen molar-refractivity contribution in [3.8, 4) is 17.3 Å². The van der Waals surface area contributed by atoms with Crippen LogP contribution >= 0.6 is 0 Å². The van der Waals surface area contributed by atoms with Crippen LogP contribution in [0.25, 0.3) is 11.3 Å². The maximum Gasteiger partial charge on any atom is 0.449 e. The van der Waals surface area contributed by atoms with Gasteiger partial charge in [0.05, 0.1) is 25.0 Å². The number of hydrogen-bond acceptors (Lipinski definition) is 6. The molecule has 0 unspecified atom stereocenters. The van der Waals surface area contributed by atoms with Crippen LogP contribution in [0.1, 0.15) is 36.0 Å². The molecule has 1 aliphatic heterocycles. The summed E-state index contributed by atoms with van der Waals surface area (Å²) in [7, 11) is 1.34. The predicted molar refractivity (Wildman–Crippen MR) is 113 cm³/mol. The van der Waals surface area contributed by atoms with E-state index in [4.69, 9.17) is 10.5 Å². The van der Waals surface area contributed by atoms with Gasteiger partial charge in [-0.15, -0.1) is 0 Å². The monoisotopic (exact) mass is 514 g/mol. The third-order valence-corrected chi connectivity index (χ3v) is 5.81. The highest BCUT2D eigenvalue weighted by Crippen LogP contribution is 2.36. The molecule has 0 fully saturated rings. The topological polar surface area (TPSA) is 99.2 Å². The highest BCUT2D eigenvalue weighted by molar-refractivity contribution is 5.77. The molecule has 1 aromatic carbocycles. The number of methoxy groups -OCH3 is 1. The molecule has 8 nitrogen and oxygen atoms in total. The van der Waals surface area contributed by atoms with Crippen LogP contribution in [-0.2, 0) is 24.1 Å². The largest absolute Gasteiger partial charge is 0.467 e. The van der Waals surface area contributed by atoms with Crippen LogP contribution in [0.3, 0.4) is 0 Å². The summed E-state index contributed by atoms with van der Waals surface area (Å²) in [5, 5.41) is 0. The smallest absolute Gasteiger partial charge is 0.449 e. The van der Waals surface area contributed by atoms with E-state index in [1.165, 1.54) is 24.4 Å². The summed E-state index contributed by atoms with van der Waals surface area (Å²) in [6.45, 7) is -0.375. The number of ether oxygens (including phenoxy) is 1. The maximum absolute atomic E-state index is 14.0. The molecule has 0 radical (unpaired) electrons. The van der Waals surface area contributed by atoms with Crippen LogP contribution < -0.4 is 10.5 Å². The molecule has 1 atom stereocenters.